The number of benzene rings is 2. The minimum atomic E-state index is 0.0731. The van der Waals surface area contributed by atoms with Gasteiger partial charge in [0, 0.05) is 24.8 Å². The number of hydrogen-bond donors (Lipinski definition) is 1. The third-order valence-electron chi connectivity index (χ3n) is 5.17. The van der Waals surface area contributed by atoms with Crippen molar-refractivity contribution in [3.05, 3.63) is 64.7 Å². The van der Waals surface area contributed by atoms with E-state index in [4.69, 9.17) is 5.73 Å². The standard InChI is InChI=1S/C21H28N2/c1-15-12-19-20(13-18(15)16(2)22)23(11-10-21(19,3)4)14-17-8-6-5-7-9-17/h5-9,12-13,16H,10-11,14,22H2,1-4H3/t16-/m0/s1. The summed E-state index contributed by atoms with van der Waals surface area (Å²) in [7, 11) is 0. The van der Waals surface area contributed by atoms with Crippen LogP contribution >= 0.6 is 0 Å². The van der Waals surface area contributed by atoms with Crippen LogP contribution in [0.2, 0.25) is 0 Å². The summed E-state index contributed by atoms with van der Waals surface area (Å²) >= 11 is 0. The molecule has 1 heterocycles. The molecule has 0 radical (unpaired) electrons. The molecule has 2 aromatic rings. The zero-order valence-corrected chi connectivity index (χ0v) is 14.8. The molecular formula is C21H28N2. The SMILES string of the molecule is Cc1cc2c(cc1[C@H](C)N)N(Cc1ccccc1)CCC2(C)C. The molecule has 0 amide bonds. The Balaban J connectivity index is 2.04. The first kappa shape index (κ1) is 16.1. The molecule has 0 spiro atoms. The van der Waals surface area contributed by atoms with Crippen molar-refractivity contribution >= 4 is 5.69 Å². The summed E-state index contributed by atoms with van der Waals surface area (Å²) in [4.78, 5) is 2.52. The van der Waals surface area contributed by atoms with Crippen molar-refractivity contribution in [1.82, 2.24) is 0 Å². The summed E-state index contributed by atoms with van der Waals surface area (Å²) in [5.41, 5.74) is 13.2. The van der Waals surface area contributed by atoms with Gasteiger partial charge in [0.1, 0.15) is 0 Å². The highest BCUT2D eigenvalue weighted by Crippen LogP contribution is 2.42. The van der Waals surface area contributed by atoms with E-state index >= 15 is 0 Å². The number of rotatable bonds is 3. The number of fused-ring (bicyclic) bond motifs is 1. The molecule has 0 saturated heterocycles. The van der Waals surface area contributed by atoms with Crippen LogP contribution in [0.4, 0.5) is 5.69 Å². The van der Waals surface area contributed by atoms with Gasteiger partial charge in [0.15, 0.2) is 0 Å². The van der Waals surface area contributed by atoms with Crippen molar-refractivity contribution in [2.24, 2.45) is 5.73 Å². The maximum atomic E-state index is 6.19. The van der Waals surface area contributed by atoms with Gasteiger partial charge in [0.05, 0.1) is 0 Å². The van der Waals surface area contributed by atoms with Gasteiger partial charge in [-0.05, 0) is 54.0 Å². The molecular weight excluding hydrogens is 280 g/mol. The Labute approximate surface area is 140 Å². The van der Waals surface area contributed by atoms with Crippen molar-refractivity contribution in [2.45, 2.75) is 52.1 Å². The second-order valence-electron chi connectivity index (χ2n) is 7.56. The van der Waals surface area contributed by atoms with Crippen LogP contribution in [0.15, 0.2) is 42.5 Å². The molecule has 3 rings (SSSR count). The lowest BCUT2D eigenvalue weighted by Crippen LogP contribution is -2.37. The first-order chi connectivity index (χ1) is 10.9. The Bertz CT molecular complexity index is 686. The van der Waals surface area contributed by atoms with Gasteiger partial charge in [-0.25, -0.2) is 0 Å². The summed E-state index contributed by atoms with van der Waals surface area (Å²) in [6, 6.07) is 15.5. The molecule has 1 atom stereocenters. The fourth-order valence-electron chi connectivity index (χ4n) is 3.64. The first-order valence-corrected chi connectivity index (χ1v) is 8.58. The highest BCUT2D eigenvalue weighted by atomic mass is 15.1. The zero-order chi connectivity index (χ0) is 16.6. The summed E-state index contributed by atoms with van der Waals surface area (Å²) < 4.78 is 0. The fourth-order valence-corrected chi connectivity index (χ4v) is 3.64. The molecule has 0 saturated carbocycles. The third kappa shape index (κ3) is 3.13. The maximum Gasteiger partial charge on any atom is 0.0429 e. The van der Waals surface area contributed by atoms with Crippen LogP contribution in [0, 0.1) is 6.92 Å². The molecule has 2 nitrogen and oxygen atoms in total. The number of aryl methyl sites for hydroxylation is 1. The van der Waals surface area contributed by atoms with Gasteiger partial charge in [0.2, 0.25) is 0 Å². The third-order valence-corrected chi connectivity index (χ3v) is 5.17. The molecule has 0 aromatic heterocycles. The van der Waals surface area contributed by atoms with Crippen molar-refractivity contribution < 1.29 is 0 Å². The van der Waals surface area contributed by atoms with E-state index in [9.17, 15) is 0 Å². The zero-order valence-electron chi connectivity index (χ0n) is 14.8. The Morgan fingerprint density at radius 2 is 1.87 bits per heavy atom. The normalized spacial score (nSPS) is 17.7. The molecule has 0 aliphatic carbocycles. The second-order valence-corrected chi connectivity index (χ2v) is 7.56. The molecule has 1 aliphatic heterocycles. The molecule has 122 valence electrons. The van der Waals surface area contributed by atoms with Gasteiger partial charge in [-0.1, -0.05) is 50.2 Å². The van der Waals surface area contributed by atoms with Gasteiger partial charge < -0.3 is 10.6 Å². The number of nitrogens with two attached hydrogens (primary N) is 1. The predicted octanol–water partition coefficient (Wildman–Crippen LogP) is 4.70. The smallest absolute Gasteiger partial charge is 0.0429 e. The Morgan fingerprint density at radius 3 is 2.52 bits per heavy atom. The maximum absolute atomic E-state index is 6.19. The molecule has 0 unspecified atom stereocenters. The van der Waals surface area contributed by atoms with E-state index in [-0.39, 0.29) is 11.5 Å². The largest absolute Gasteiger partial charge is 0.367 e. The molecule has 0 fully saturated rings. The van der Waals surface area contributed by atoms with E-state index in [2.05, 4.69) is 75.1 Å². The number of nitrogens with zero attached hydrogens (tertiary/aromatic N) is 1. The van der Waals surface area contributed by atoms with E-state index < -0.39 is 0 Å². The number of anilines is 1. The Morgan fingerprint density at radius 1 is 1.17 bits per heavy atom. The van der Waals surface area contributed by atoms with Gasteiger partial charge in [-0.2, -0.15) is 0 Å². The van der Waals surface area contributed by atoms with Crippen LogP contribution in [0.1, 0.15) is 55.5 Å². The van der Waals surface area contributed by atoms with Crippen molar-refractivity contribution in [3.63, 3.8) is 0 Å². The minimum Gasteiger partial charge on any atom is -0.367 e. The minimum absolute atomic E-state index is 0.0731. The second kappa shape index (κ2) is 6.01. The Hall–Kier alpha value is -1.80. The predicted molar refractivity (Wildman–Crippen MR) is 98.9 cm³/mol. The van der Waals surface area contributed by atoms with Gasteiger partial charge in [0.25, 0.3) is 0 Å². The molecule has 2 aromatic carbocycles. The molecule has 2 N–H and O–H groups in total. The quantitative estimate of drug-likeness (QED) is 0.890. The molecule has 0 bridgehead atoms. The lowest BCUT2D eigenvalue weighted by atomic mass is 9.76. The van der Waals surface area contributed by atoms with Crippen LogP contribution in [0.3, 0.4) is 0 Å². The van der Waals surface area contributed by atoms with Crippen LogP contribution in [-0.4, -0.2) is 6.54 Å². The lowest BCUT2D eigenvalue weighted by Gasteiger charge is -2.41. The van der Waals surface area contributed by atoms with Crippen molar-refractivity contribution in [3.8, 4) is 0 Å². The van der Waals surface area contributed by atoms with E-state index in [0.717, 1.165) is 13.1 Å². The topological polar surface area (TPSA) is 29.3 Å². The summed E-state index contributed by atoms with van der Waals surface area (Å²) in [5.74, 6) is 0. The lowest BCUT2D eigenvalue weighted by molar-refractivity contribution is 0.452. The van der Waals surface area contributed by atoms with Gasteiger partial charge in [-0.15, -0.1) is 0 Å². The van der Waals surface area contributed by atoms with Crippen LogP contribution in [0.5, 0.6) is 0 Å². The monoisotopic (exact) mass is 308 g/mol. The van der Waals surface area contributed by atoms with Crippen molar-refractivity contribution in [1.29, 1.82) is 0 Å². The van der Waals surface area contributed by atoms with Crippen LogP contribution in [0.25, 0.3) is 0 Å². The highest BCUT2D eigenvalue weighted by Gasteiger charge is 2.32. The van der Waals surface area contributed by atoms with E-state index in [1.165, 1.54) is 34.4 Å². The van der Waals surface area contributed by atoms with E-state index in [1.807, 2.05) is 0 Å². The van der Waals surface area contributed by atoms with Crippen LogP contribution in [-0.2, 0) is 12.0 Å². The summed E-state index contributed by atoms with van der Waals surface area (Å²) in [5, 5.41) is 0. The Kier molecular flexibility index (Phi) is 4.20. The first-order valence-electron chi connectivity index (χ1n) is 8.58. The van der Waals surface area contributed by atoms with Crippen molar-refractivity contribution in [2.75, 3.05) is 11.4 Å². The molecule has 2 heteroatoms. The molecule has 1 aliphatic rings. The average molecular weight is 308 g/mol. The molecule has 23 heavy (non-hydrogen) atoms. The van der Waals surface area contributed by atoms with Crippen LogP contribution < -0.4 is 10.6 Å². The summed E-state index contributed by atoms with van der Waals surface area (Å²) in [6.07, 6.45) is 1.18. The summed E-state index contributed by atoms with van der Waals surface area (Å²) in [6.45, 7) is 11.0. The average Bonchev–Trinajstić information content (AvgIpc) is 2.51. The van der Waals surface area contributed by atoms with E-state index in [1.54, 1.807) is 0 Å². The highest BCUT2D eigenvalue weighted by molar-refractivity contribution is 5.62. The number of hydrogen-bond acceptors (Lipinski definition) is 2. The van der Waals surface area contributed by atoms with Gasteiger partial charge in [-0.3, -0.25) is 0 Å². The van der Waals surface area contributed by atoms with Gasteiger partial charge >= 0.3 is 0 Å². The fraction of sp³-hybridized carbons (Fsp3) is 0.429. The van der Waals surface area contributed by atoms with E-state index in [0.29, 0.717) is 0 Å².